The number of benzene rings is 4. The SMILES string of the molecule is CN(C)C=C(Cc1ccc(Cl)cc1)C(=O)[C@H]1CCCN1C(=O)OC(C)(C)C.Cn1cc(Cc2ccc(Cl)cc2)c([C@H]2CCCN2C(=O)Nc2ccc(C(F)(F)F)cc2)n1.Cn1cc(Cc2ccc(Cl)cc2)c([C@H]2CCCN2C(=O)OC(C)(C)C)n1. The Morgan fingerprint density at radius 2 is 1.01 bits per heavy atom. The Morgan fingerprint density at radius 1 is 0.600 bits per heavy atom. The normalized spacial score (nSPS) is 17.2. The predicted octanol–water partition coefficient (Wildman–Crippen LogP) is 15.1. The molecule has 0 aliphatic carbocycles. The van der Waals surface area contributed by atoms with E-state index in [0.717, 1.165) is 89.3 Å². The third kappa shape index (κ3) is 19.0. The molecule has 456 valence electrons. The number of nitrogens with zero attached hydrogens (tertiary/aromatic N) is 8. The molecule has 0 saturated carbocycles. The molecule has 1 N–H and O–H groups in total. The molecule has 21 heteroatoms. The highest BCUT2D eigenvalue weighted by atomic mass is 35.5. The summed E-state index contributed by atoms with van der Waals surface area (Å²) in [5, 5.41) is 14.1. The van der Waals surface area contributed by atoms with Crippen LogP contribution in [0.3, 0.4) is 0 Å². The van der Waals surface area contributed by atoms with Gasteiger partial charge in [0.1, 0.15) is 11.2 Å². The number of ketones is 1. The second-order valence-electron chi connectivity index (χ2n) is 23.8. The first kappa shape index (κ1) is 65.5. The van der Waals surface area contributed by atoms with Gasteiger partial charge < -0.3 is 24.6 Å². The molecular formula is C64H77Cl3F3N9O6. The number of aromatic nitrogens is 4. The van der Waals surface area contributed by atoms with Crippen LogP contribution in [0.1, 0.15) is 137 Å². The maximum atomic E-state index is 13.3. The molecule has 4 amide bonds. The quantitative estimate of drug-likeness (QED) is 0.118. The number of nitrogens with one attached hydrogen (secondary N) is 1. The summed E-state index contributed by atoms with van der Waals surface area (Å²) < 4.78 is 53.0. The van der Waals surface area contributed by atoms with Crippen molar-refractivity contribution in [2.75, 3.05) is 39.0 Å². The average molecular weight is 1230 g/mol. The largest absolute Gasteiger partial charge is 0.444 e. The molecule has 15 nitrogen and oxygen atoms in total. The lowest BCUT2D eigenvalue weighted by molar-refractivity contribution is -0.137. The first-order valence-electron chi connectivity index (χ1n) is 28.4. The fourth-order valence-electron chi connectivity index (χ4n) is 10.5. The van der Waals surface area contributed by atoms with Crippen molar-refractivity contribution in [2.45, 2.75) is 135 Å². The Morgan fingerprint density at radius 3 is 1.46 bits per heavy atom. The maximum absolute atomic E-state index is 13.3. The smallest absolute Gasteiger partial charge is 0.416 e. The van der Waals surface area contributed by atoms with Crippen LogP contribution in [0.2, 0.25) is 15.1 Å². The molecule has 5 heterocycles. The summed E-state index contributed by atoms with van der Waals surface area (Å²) in [5.41, 5.74) is 6.36. The molecular weight excluding hydrogens is 1150 g/mol. The molecule has 6 aromatic rings. The van der Waals surface area contributed by atoms with E-state index in [0.29, 0.717) is 60.2 Å². The number of carbonyl (C=O) groups is 4. The molecule has 4 aromatic carbocycles. The summed E-state index contributed by atoms with van der Waals surface area (Å²) >= 11 is 17.9. The standard InChI is InChI=1S/C23H22ClF3N4O.C21H29ClN2O3.C20H26ClN3O2/c1-30-14-16(13-15-4-8-18(24)9-5-15)21(29-30)20-3-2-12-31(20)22(32)28-19-10-6-17(7-11-19)23(25,26)27;1-21(2,3)27-20(26)24-12-6-7-18(24)19(25)16(14-23(4)5)13-15-8-10-17(22)11-9-15;1-20(2,3)26-19(25)24-11-5-6-17(24)18-15(13-23(4)22-18)12-14-7-9-16(21)10-8-14/h4-11,14,20H,2-3,12-13H2,1H3,(H,28,32);8-11,14,18H,6-7,12-13H2,1-5H3;7-10,13,17H,5-6,11-12H2,1-4H3/t20-;18-;17-/m111/s1. The van der Waals surface area contributed by atoms with E-state index in [1.54, 1.807) is 14.5 Å². The number of alkyl halides is 3. The molecule has 0 spiro atoms. The van der Waals surface area contributed by atoms with E-state index in [1.165, 1.54) is 17.7 Å². The van der Waals surface area contributed by atoms with Gasteiger partial charge in [-0.05, 0) is 169 Å². The molecule has 3 fully saturated rings. The van der Waals surface area contributed by atoms with Crippen molar-refractivity contribution < 1.29 is 41.8 Å². The average Bonchev–Trinajstić information content (AvgIpc) is 2.47. The number of hydrogen-bond donors (Lipinski definition) is 1. The van der Waals surface area contributed by atoms with Gasteiger partial charge in [0.15, 0.2) is 5.78 Å². The first-order valence-corrected chi connectivity index (χ1v) is 29.6. The number of Topliss-reactive ketones (excluding diaryl/α,β-unsaturated/α-hetero) is 1. The van der Waals surface area contributed by atoms with Crippen LogP contribution < -0.4 is 5.32 Å². The number of likely N-dealkylation sites (tertiary alicyclic amines) is 3. The van der Waals surface area contributed by atoms with Crippen molar-refractivity contribution in [3.63, 3.8) is 0 Å². The maximum Gasteiger partial charge on any atom is 0.416 e. The molecule has 3 saturated heterocycles. The number of hydrogen-bond acceptors (Lipinski definition) is 9. The number of carbonyl (C=O) groups excluding carboxylic acids is 4. The fraction of sp³-hybridized carbons (Fsp3) is 0.438. The Balaban J connectivity index is 0.000000184. The Bertz CT molecular complexity index is 3260. The summed E-state index contributed by atoms with van der Waals surface area (Å²) in [6, 6.07) is 26.3. The van der Waals surface area contributed by atoms with Gasteiger partial charge >= 0.3 is 24.4 Å². The van der Waals surface area contributed by atoms with Crippen molar-refractivity contribution >= 4 is 64.5 Å². The summed E-state index contributed by atoms with van der Waals surface area (Å²) in [4.78, 5) is 58.3. The minimum atomic E-state index is -4.41. The number of aryl methyl sites for hydroxylation is 2. The molecule has 3 atom stereocenters. The lowest BCUT2D eigenvalue weighted by Crippen LogP contribution is -2.44. The van der Waals surface area contributed by atoms with Crippen molar-refractivity contribution in [2.24, 2.45) is 14.1 Å². The van der Waals surface area contributed by atoms with Crippen LogP contribution in [0, 0.1) is 0 Å². The van der Waals surface area contributed by atoms with Crippen molar-refractivity contribution in [1.29, 1.82) is 0 Å². The van der Waals surface area contributed by atoms with Crippen LogP contribution in [0.5, 0.6) is 0 Å². The molecule has 0 bridgehead atoms. The fourth-order valence-corrected chi connectivity index (χ4v) is 10.9. The molecule has 0 radical (unpaired) electrons. The van der Waals surface area contributed by atoms with Crippen molar-refractivity contribution in [3.8, 4) is 0 Å². The lowest BCUT2D eigenvalue weighted by Gasteiger charge is -2.28. The van der Waals surface area contributed by atoms with Crippen LogP contribution in [0.4, 0.5) is 33.2 Å². The highest BCUT2D eigenvalue weighted by Gasteiger charge is 2.39. The van der Waals surface area contributed by atoms with Gasteiger partial charge in [-0.1, -0.05) is 71.2 Å². The number of amides is 4. The van der Waals surface area contributed by atoms with Crippen molar-refractivity contribution in [3.05, 3.63) is 181 Å². The minimum Gasteiger partial charge on any atom is -0.444 e. The van der Waals surface area contributed by atoms with E-state index in [-0.39, 0.29) is 30.0 Å². The Hall–Kier alpha value is -7.02. The summed E-state index contributed by atoms with van der Waals surface area (Å²) in [6.45, 7) is 13.0. The zero-order valence-electron chi connectivity index (χ0n) is 50.0. The van der Waals surface area contributed by atoms with E-state index in [9.17, 15) is 32.3 Å². The summed E-state index contributed by atoms with van der Waals surface area (Å²) in [6.07, 6.45) is 7.55. The van der Waals surface area contributed by atoms with Gasteiger partial charge in [-0.2, -0.15) is 23.4 Å². The van der Waals surface area contributed by atoms with Crippen LogP contribution >= 0.6 is 34.8 Å². The predicted molar refractivity (Wildman–Crippen MR) is 327 cm³/mol. The topological polar surface area (TPSA) is 147 Å². The highest BCUT2D eigenvalue weighted by Crippen LogP contribution is 2.37. The monoisotopic (exact) mass is 1230 g/mol. The third-order valence-electron chi connectivity index (χ3n) is 14.2. The Labute approximate surface area is 512 Å². The Kier molecular flexibility index (Phi) is 21.9. The molecule has 3 aliphatic heterocycles. The van der Waals surface area contributed by atoms with Gasteiger partial charge in [0, 0.05) is 112 Å². The second-order valence-corrected chi connectivity index (χ2v) is 25.1. The number of rotatable bonds is 12. The number of ether oxygens (including phenoxy) is 2. The lowest BCUT2D eigenvalue weighted by atomic mass is 9.96. The zero-order valence-corrected chi connectivity index (χ0v) is 52.2. The number of urea groups is 1. The van der Waals surface area contributed by atoms with E-state index in [1.807, 2.05) is 176 Å². The van der Waals surface area contributed by atoms with Gasteiger partial charge in [0.2, 0.25) is 0 Å². The second kappa shape index (κ2) is 28.5. The van der Waals surface area contributed by atoms with Crippen LogP contribution in [0.15, 0.2) is 121 Å². The number of halogens is 6. The van der Waals surface area contributed by atoms with E-state index in [2.05, 4.69) is 15.5 Å². The van der Waals surface area contributed by atoms with Gasteiger partial charge in [-0.3, -0.25) is 24.0 Å². The van der Waals surface area contributed by atoms with Gasteiger partial charge in [-0.25, -0.2) is 14.4 Å². The van der Waals surface area contributed by atoms with Crippen LogP contribution in [-0.4, -0.2) is 114 Å². The van der Waals surface area contributed by atoms with E-state index >= 15 is 0 Å². The van der Waals surface area contributed by atoms with Gasteiger partial charge in [0.05, 0.1) is 35.1 Å². The van der Waals surface area contributed by atoms with Crippen LogP contribution in [0.25, 0.3) is 0 Å². The molecule has 2 aromatic heterocycles. The van der Waals surface area contributed by atoms with Gasteiger partial charge in [0.25, 0.3) is 0 Å². The third-order valence-corrected chi connectivity index (χ3v) is 15.0. The first-order chi connectivity index (χ1) is 40.0. The van der Waals surface area contributed by atoms with Crippen LogP contribution in [-0.2, 0) is 53.8 Å². The van der Waals surface area contributed by atoms with E-state index in [4.69, 9.17) is 44.3 Å². The molecule has 9 rings (SSSR count). The van der Waals surface area contributed by atoms with Gasteiger partial charge in [-0.15, -0.1) is 0 Å². The van der Waals surface area contributed by atoms with Crippen molar-refractivity contribution in [1.82, 2.24) is 39.2 Å². The summed E-state index contributed by atoms with van der Waals surface area (Å²) in [5.74, 6) is -0.0259. The molecule has 0 unspecified atom stereocenters. The molecule has 3 aliphatic rings. The molecule has 85 heavy (non-hydrogen) atoms. The highest BCUT2D eigenvalue weighted by molar-refractivity contribution is 6.31. The van der Waals surface area contributed by atoms with E-state index < -0.39 is 35.1 Å². The zero-order chi connectivity index (χ0) is 62.0. The summed E-state index contributed by atoms with van der Waals surface area (Å²) in [7, 11) is 7.53. The number of anilines is 1. The minimum absolute atomic E-state index is 0.0259.